The number of morpholine rings is 1. The van der Waals surface area contributed by atoms with E-state index in [1.165, 1.54) is 12.1 Å². The van der Waals surface area contributed by atoms with Crippen molar-refractivity contribution in [1.82, 2.24) is 14.7 Å². The minimum absolute atomic E-state index is 0.159. The van der Waals surface area contributed by atoms with E-state index < -0.39 is 0 Å². The van der Waals surface area contributed by atoms with Crippen LogP contribution in [0.25, 0.3) is 0 Å². The lowest BCUT2D eigenvalue weighted by atomic mass is 10.1. The number of halogens is 3. The lowest BCUT2D eigenvalue weighted by Crippen LogP contribution is -2.42. The van der Waals surface area contributed by atoms with Crippen LogP contribution in [0.15, 0.2) is 53.0 Å². The van der Waals surface area contributed by atoms with Crippen molar-refractivity contribution in [2.24, 2.45) is 0 Å². The van der Waals surface area contributed by atoms with E-state index in [1.807, 2.05) is 24.3 Å². The molecule has 1 fully saturated rings. The van der Waals surface area contributed by atoms with Crippen LogP contribution in [0.3, 0.4) is 0 Å². The van der Waals surface area contributed by atoms with Gasteiger partial charge >= 0.3 is 0 Å². The van der Waals surface area contributed by atoms with Gasteiger partial charge in [-0.05, 0) is 42.3 Å². The van der Waals surface area contributed by atoms with Gasteiger partial charge in [0, 0.05) is 11.0 Å². The van der Waals surface area contributed by atoms with Crippen LogP contribution >= 0.6 is 27.5 Å². The van der Waals surface area contributed by atoms with Gasteiger partial charge < -0.3 is 9.64 Å². The average Bonchev–Trinajstić information content (AvgIpc) is 3.02. The predicted molar refractivity (Wildman–Crippen MR) is 116 cm³/mol. The fourth-order valence-electron chi connectivity index (χ4n) is 3.53. The van der Waals surface area contributed by atoms with Crippen LogP contribution < -0.4 is 0 Å². The highest BCUT2D eigenvalue weighted by Crippen LogP contribution is 2.28. The summed E-state index contributed by atoms with van der Waals surface area (Å²) in [4.78, 5) is 15.0. The number of aromatic nitrogens is 2. The first-order valence-corrected chi connectivity index (χ1v) is 10.7. The Hall–Kier alpha value is -2.22. The van der Waals surface area contributed by atoms with Gasteiger partial charge in [0.2, 0.25) is 0 Å². The predicted octanol–water partition coefficient (Wildman–Crippen LogP) is 5.01. The molecule has 1 saturated heterocycles. The van der Waals surface area contributed by atoms with Gasteiger partial charge in [-0.15, -0.1) is 0 Å². The van der Waals surface area contributed by atoms with Gasteiger partial charge in [0.25, 0.3) is 5.91 Å². The number of nitrogens with zero attached hydrogens (tertiary/aromatic N) is 3. The smallest absolute Gasteiger partial charge is 0.259 e. The minimum Gasteiger partial charge on any atom is -0.370 e. The number of rotatable bonds is 4. The molecule has 3 aromatic rings. The monoisotopic (exact) mass is 491 g/mol. The maximum absolute atomic E-state index is 13.3. The first-order valence-electron chi connectivity index (χ1n) is 9.56. The van der Waals surface area contributed by atoms with Gasteiger partial charge in [-0.25, -0.2) is 9.07 Å². The van der Waals surface area contributed by atoms with E-state index in [9.17, 15) is 9.18 Å². The summed E-state index contributed by atoms with van der Waals surface area (Å²) < 4.78 is 21.6. The number of hydrogen-bond acceptors (Lipinski definition) is 3. The van der Waals surface area contributed by atoms with E-state index in [4.69, 9.17) is 16.3 Å². The van der Waals surface area contributed by atoms with E-state index in [-0.39, 0.29) is 23.0 Å². The number of carbonyl (C=O) groups is 1. The van der Waals surface area contributed by atoms with E-state index in [0.29, 0.717) is 37.5 Å². The van der Waals surface area contributed by atoms with Crippen molar-refractivity contribution in [2.45, 2.75) is 19.6 Å². The van der Waals surface area contributed by atoms with Gasteiger partial charge in [-0.3, -0.25) is 4.79 Å². The molecule has 1 aliphatic heterocycles. The summed E-state index contributed by atoms with van der Waals surface area (Å²) in [6, 6.07) is 14.0. The molecule has 0 spiro atoms. The lowest BCUT2D eigenvalue weighted by Gasteiger charge is -2.33. The summed E-state index contributed by atoms with van der Waals surface area (Å²) in [5, 5.41) is 4.72. The van der Waals surface area contributed by atoms with Gasteiger partial charge in [-0.1, -0.05) is 51.8 Å². The summed E-state index contributed by atoms with van der Waals surface area (Å²) >= 11 is 9.97. The number of aryl methyl sites for hydroxylation is 1. The molecule has 0 saturated carbocycles. The second kappa shape index (κ2) is 8.88. The van der Waals surface area contributed by atoms with E-state index >= 15 is 0 Å². The number of benzene rings is 2. The van der Waals surface area contributed by atoms with Crippen molar-refractivity contribution in [3.63, 3.8) is 0 Å². The molecule has 2 heterocycles. The Bertz CT molecular complexity index is 1050. The van der Waals surface area contributed by atoms with E-state index in [1.54, 1.807) is 28.6 Å². The topological polar surface area (TPSA) is 47.4 Å². The van der Waals surface area contributed by atoms with Gasteiger partial charge in [-0.2, -0.15) is 5.10 Å². The zero-order chi connectivity index (χ0) is 21.3. The number of ether oxygens (including phenoxy) is 1. The summed E-state index contributed by atoms with van der Waals surface area (Å²) in [5.41, 5.74) is 2.83. The van der Waals surface area contributed by atoms with Crippen molar-refractivity contribution in [3.05, 3.63) is 86.4 Å². The molecule has 2 aromatic carbocycles. The van der Waals surface area contributed by atoms with Crippen LogP contribution in [-0.2, 0) is 11.3 Å². The Kier molecular flexibility index (Phi) is 6.22. The highest BCUT2D eigenvalue weighted by molar-refractivity contribution is 9.10. The zero-order valence-electron chi connectivity index (χ0n) is 16.3. The molecule has 30 heavy (non-hydrogen) atoms. The van der Waals surface area contributed by atoms with Crippen molar-refractivity contribution < 1.29 is 13.9 Å². The van der Waals surface area contributed by atoms with Crippen molar-refractivity contribution in [3.8, 4) is 0 Å². The molecular weight excluding hydrogens is 473 g/mol. The van der Waals surface area contributed by atoms with Crippen LogP contribution in [0.1, 0.15) is 33.3 Å². The minimum atomic E-state index is -0.301. The molecule has 5 nitrogen and oxygen atoms in total. The number of amides is 1. The van der Waals surface area contributed by atoms with Crippen LogP contribution in [-0.4, -0.2) is 40.3 Å². The van der Waals surface area contributed by atoms with Crippen LogP contribution in [0.5, 0.6) is 0 Å². The second-order valence-corrected chi connectivity index (χ2v) is 8.47. The van der Waals surface area contributed by atoms with Gasteiger partial charge in [0.15, 0.2) is 0 Å². The average molecular weight is 493 g/mol. The number of carbonyl (C=O) groups excluding carboxylic acids is 1. The molecular formula is C22H20BrClFN3O2. The van der Waals surface area contributed by atoms with Crippen molar-refractivity contribution in [1.29, 1.82) is 0 Å². The molecule has 0 N–H and O–H groups in total. The van der Waals surface area contributed by atoms with Crippen molar-refractivity contribution >= 4 is 33.4 Å². The van der Waals surface area contributed by atoms with Gasteiger partial charge in [0.1, 0.15) is 17.1 Å². The molecule has 0 aliphatic carbocycles. The fourth-order valence-corrected chi connectivity index (χ4v) is 4.11. The Morgan fingerprint density at radius 1 is 1.23 bits per heavy atom. The lowest BCUT2D eigenvalue weighted by molar-refractivity contribution is -0.0228. The zero-order valence-corrected chi connectivity index (χ0v) is 18.7. The first kappa shape index (κ1) is 21.0. The standard InChI is InChI=1S/C22H20BrClFN3O2/c1-14-20(21(24)28(26-14)12-15-2-8-18(25)9-3-15)22(29)27-10-11-30-19(13-27)16-4-6-17(23)7-5-16/h2-9,19H,10-13H2,1H3. The largest absolute Gasteiger partial charge is 0.370 e. The molecule has 156 valence electrons. The van der Waals surface area contributed by atoms with E-state index in [0.717, 1.165) is 15.6 Å². The van der Waals surface area contributed by atoms with Crippen molar-refractivity contribution in [2.75, 3.05) is 19.7 Å². The Balaban J connectivity index is 1.53. The molecule has 1 unspecified atom stereocenters. The quantitative estimate of drug-likeness (QED) is 0.514. The number of hydrogen-bond donors (Lipinski definition) is 0. The fraction of sp³-hybridized carbons (Fsp3) is 0.273. The summed E-state index contributed by atoms with van der Waals surface area (Å²) in [7, 11) is 0. The maximum Gasteiger partial charge on any atom is 0.259 e. The summed E-state index contributed by atoms with van der Waals surface area (Å²) in [6.45, 7) is 3.52. The maximum atomic E-state index is 13.3. The Morgan fingerprint density at radius 3 is 2.63 bits per heavy atom. The summed E-state index contributed by atoms with van der Waals surface area (Å²) in [5.74, 6) is -0.460. The molecule has 1 atom stereocenters. The Morgan fingerprint density at radius 2 is 1.93 bits per heavy atom. The van der Waals surface area contributed by atoms with Crippen LogP contribution in [0.2, 0.25) is 5.15 Å². The second-order valence-electron chi connectivity index (χ2n) is 7.20. The Labute approximate surface area is 187 Å². The third kappa shape index (κ3) is 4.43. The van der Waals surface area contributed by atoms with Crippen LogP contribution in [0, 0.1) is 12.7 Å². The molecule has 8 heteroatoms. The molecule has 1 aliphatic rings. The molecule has 0 radical (unpaired) electrons. The van der Waals surface area contributed by atoms with Gasteiger partial charge in [0.05, 0.1) is 31.0 Å². The molecule has 4 rings (SSSR count). The first-order chi connectivity index (χ1) is 14.4. The molecule has 1 aromatic heterocycles. The molecule has 0 bridgehead atoms. The highest BCUT2D eigenvalue weighted by atomic mass is 79.9. The molecule has 1 amide bonds. The SMILES string of the molecule is Cc1nn(Cc2ccc(F)cc2)c(Cl)c1C(=O)N1CCOC(c2ccc(Br)cc2)C1. The van der Waals surface area contributed by atoms with Crippen LogP contribution in [0.4, 0.5) is 4.39 Å². The highest BCUT2D eigenvalue weighted by Gasteiger charge is 2.30. The summed E-state index contributed by atoms with van der Waals surface area (Å²) in [6.07, 6.45) is -0.191. The van der Waals surface area contributed by atoms with E-state index in [2.05, 4.69) is 21.0 Å². The normalized spacial score (nSPS) is 16.7. The third-order valence-electron chi connectivity index (χ3n) is 5.12. The third-order valence-corrected chi connectivity index (χ3v) is 6.03.